The Kier molecular flexibility index (Phi) is 6.18. The van der Waals surface area contributed by atoms with Crippen LogP contribution >= 0.6 is 22.7 Å². The van der Waals surface area contributed by atoms with Crippen LogP contribution in [-0.4, -0.2) is 46.0 Å². The first-order valence-electron chi connectivity index (χ1n) is 12.1. The van der Waals surface area contributed by atoms with Crippen molar-refractivity contribution >= 4 is 38.6 Å². The Hall–Kier alpha value is -2.99. The van der Waals surface area contributed by atoms with E-state index in [-0.39, 0.29) is 12.2 Å². The molecule has 5 heterocycles. The lowest BCUT2D eigenvalue weighted by Crippen LogP contribution is -2.42. The number of rotatable bonds is 7. The summed E-state index contributed by atoms with van der Waals surface area (Å²) in [6.07, 6.45) is 3.64. The zero-order valence-corrected chi connectivity index (χ0v) is 22.9. The predicted octanol–water partition coefficient (Wildman–Crippen LogP) is 5.99. The largest absolute Gasteiger partial charge is 0.496 e. The molecule has 0 amide bonds. The molecular weight excluding hydrogens is 512 g/mol. The number of hydrogen-bond donors (Lipinski definition) is 0. The van der Waals surface area contributed by atoms with Crippen LogP contribution in [0.5, 0.6) is 11.5 Å². The van der Waals surface area contributed by atoms with Gasteiger partial charge in [0.1, 0.15) is 45.0 Å². The molecule has 0 bridgehead atoms. The lowest BCUT2D eigenvalue weighted by atomic mass is 9.88. The molecule has 4 aromatic heterocycles. The van der Waals surface area contributed by atoms with Crippen LogP contribution in [0.1, 0.15) is 42.4 Å². The van der Waals surface area contributed by atoms with E-state index in [0.717, 1.165) is 38.9 Å². The number of fused-ring (bicyclic) bond motifs is 2. The predicted molar refractivity (Wildman–Crippen MR) is 142 cm³/mol. The third-order valence-electron chi connectivity index (χ3n) is 6.61. The van der Waals surface area contributed by atoms with Crippen molar-refractivity contribution in [3.05, 3.63) is 45.5 Å². The second kappa shape index (κ2) is 9.39. The first kappa shape index (κ1) is 24.4. The van der Waals surface area contributed by atoms with E-state index in [1.165, 1.54) is 11.3 Å². The lowest BCUT2D eigenvalue weighted by molar-refractivity contribution is -0.152. The van der Waals surface area contributed by atoms with E-state index < -0.39 is 5.60 Å². The molecule has 37 heavy (non-hydrogen) atoms. The van der Waals surface area contributed by atoms with Crippen LogP contribution in [0, 0.1) is 6.92 Å². The van der Waals surface area contributed by atoms with Crippen molar-refractivity contribution in [3.63, 3.8) is 0 Å². The van der Waals surface area contributed by atoms with Crippen molar-refractivity contribution in [1.29, 1.82) is 0 Å². The molecule has 0 saturated carbocycles. The second-order valence-electron chi connectivity index (χ2n) is 9.42. The number of thiazole rings is 1. The Balaban J connectivity index is 1.27. The molecule has 1 aliphatic heterocycles. The number of nitrogens with zero attached hydrogens (tertiary/aromatic N) is 4. The van der Waals surface area contributed by atoms with Gasteiger partial charge in [-0.05, 0) is 26.8 Å². The SMILES string of the molecule is COc1cc(OCc2csc(C3(OC)CC(C)OC(C)C3)n2)c2cc(-c3cn4nc(C)sc4n3)oc2c1. The van der Waals surface area contributed by atoms with Gasteiger partial charge in [0.05, 0.1) is 36.6 Å². The third-order valence-corrected chi connectivity index (χ3v) is 8.53. The topological polar surface area (TPSA) is 93.1 Å². The standard InChI is InChI=1S/C26H28N4O5S2/c1-14-9-26(32-5,10-15(2)34-14)24-27-17(13-36-24)12-33-21-6-18(31-4)7-22-19(21)8-23(35-22)20-11-30-25(28-20)37-16(3)29-30/h6-8,11,13-15H,9-10,12H2,1-5H3. The van der Waals surface area contributed by atoms with E-state index in [0.29, 0.717) is 35.1 Å². The molecule has 0 aliphatic carbocycles. The molecule has 0 N–H and O–H groups in total. The Bertz CT molecular complexity index is 1530. The first-order valence-corrected chi connectivity index (χ1v) is 13.8. The Morgan fingerprint density at radius 2 is 1.95 bits per heavy atom. The van der Waals surface area contributed by atoms with Crippen molar-refractivity contribution < 1.29 is 23.4 Å². The fourth-order valence-corrected chi connectivity index (χ4v) is 6.76. The molecule has 2 atom stereocenters. The summed E-state index contributed by atoms with van der Waals surface area (Å²) in [6, 6.07) is 5.66. The van der Waals surface area contributed by atoms with E-state index in [1.807, 2.05) is 36.7 Å². The maximum Gasteiger partial charge on any atom is 0.212 e. The smallest absolute Gasteiger partial charge is 0.212 e. The summed E-state index contributed by atoms with van der Waals surface area (Å²) in [6.45, 7) is 6.43. The summed E-state index contributed by atoms with van der Waals surface area (Å²) in [4.78, 5) is 10.4. The summed E-state index contributed by atoms with van der Waals surface area (Å²) in [5.41, 5.74) is 1.79. The quantitative estimate of drug-likeness (QED) is 0.249. The van der Waals surface area contributed by atoms with Gasteiger partial charge < -0.3 is 23.4 Å². The van der Waals surface area contributed by atoms with Crippen LogP contribution in [0.15, 0.2) is 34.2 Å². The maximum atomic E-state index is 6.27. The molecule has 1 saturated heterocycles. The van der Waals surface area contributed by atoms with Crippen molar-refractivity contribution in [2.75, 3.05) is 14.2 Å². The average Bonchev–Trinajstić information content (AvgIpc) is 3.64. The Labute approximate surface area is 222 Å². The number of methoxy groups -OCH3 is 2. The minimum Gasteiger partial charge on any atom is -0.496 e. The van der Waals surface area contributed by atoms with Crippen LogP contribution in [0.25, 0.3) is 27.4 Å². The van der Waals surface area contributed by atoms with Crippen LogP contribution in [-0.2, 0) is 21.7 Å². The molecule has 0 radical (unpaired) electrons. The van der Waals surface area contributed by atoms with E-state index in [1.54, 1.807) is 30.1 Å². The fourth-order valence-electron chi connectivity index (χ4n) is 5.03. The Morgan fingerprint density at radius 3 is 2.68 bits per heavy atom. The van der Waals surface area contributed by atoms with Crippen LogP contribution in [0.4, 0.5) is 0 Å². The number of hydrogen-bond acceptors (Lipinski definition) is 10. The van der Waals surface area contributed by atoms with Crippen LogP contribution < -0.4 is 9.47 Å². The summed E-state index contributed by atoms with van der Waals surface area (Å²) >= 11 is 3.14. The molecule has 1 fully saturated rings. The number of ether oxygens (including phenoxy) is 4. The minimum atomic E-state index is -0.436. The van der Waals surface area contributed by atoms with Gasteiger partial charge in [-0.1, -0.05) is 11.3 Å². The zero-order valence-electron chi connectivity index (χ0n) is 21.3. The third kappa shape index (κ3) is 4.50. The average molecular weight is 541 g/mol. The van der Waals surface area contributed by atoms with Gasteiger partial charge in [0.2, 0.25) is 4.96 Å². The van der Waals surface area contributed by atoms with E-state index >= 15 is 0 Å². The highest BCUT2D eigenvalue weighted by Crippen LogP contribution is 2.42. The highest BCUT2D eigenvalue weighted by molar-refractivity contribution is 7.16. The number of benzene rings is 1. The molecule has 9 nitrogen and oxygen atoms in total. The summed E-state index contributed by atoms with van der Waals surface area (Å²) in [7, 11) is 3.38. The van der Waals surface area contributed by atoms with Crippen molar-refractivity contribution in [3.8, 4) is 23.0 Å². The molecule has 1 aliphatic rings. The van der Waals surface area contributed by atoms with Gasteiger partial charge in [-0.2, -0.15) is 5.10 Å². The first-order chi connectivity index (χ1) is 17.9. The fraction of sp³-hybridized carbons (Fsp3) is 0.423. The number of aromatic nitrogens is 4. The van der Waals surface area contributed by atoms with Crippen molar-refractivity contribution in [1.82, 2.24) is 19.6 Å². The molecular formula is C26H28N4O5S2. The summed E-state index contributed by atoms with van der Waals surface area (Å²) in [5, 5.41) is 9.23. The van der Waals surface area contributed by atoms with Gasteiger partial charge in [-0.15, -0.1) is 11.3 Å². The minimum absolute atomic E-state index is 0.110. The summed E-state index contributed by atoms with van der Waals surface area (Å²) in [5.74, 6) is 1.95. The molecule has 2 unspecified atom stereocenters. The molecule has 194 valence electrons. The van der Waals surface area contributed by atoms with Gasteiger partial charge in [0, 0.05) is 37.5 Å². The van der Waals surface area contributed by atoms with E-state index in [4.69, 9.17) is 28.3 Å². The summed E-state index contributed by atoms with van der Waals surface area (Å²) < 4.78 is 31.6. The Morgan fingerprint density at radius 1 is 1.14 bits per heavy atom. The van der Waals surface area contributed by atoms with Crippen LogP contribution in [0.3, 0.4) is 0 Å². The van der Waals surface area contributed by atoms with Gasteiger partial charge >= 0.3 is 0 Å². The molecule has 1 aromatic carbocycles. The van der Waals surface area contributed by atoms with E-state index in [2.05, 4.69) is 23.9 Å². The zero-order chi connectivity index (χ0) is 25.7. The van der Waals surface area contributed by atoms with Crippen molar-refractivity contribution in [2.24, 2.45) is 0 Å². The van der Waals surface area contributed by atoms with Gasteiger partial charge in [-0.3, -0.25) is 0 Å². The highest BCUT2D eigenvalue weighted by atomic mass is 32.1. The monoisotopic (exact) mass is 540 g/mol. The lowest BCUT2D eigenvalue weighted by Gasteiger charge is -2.40. The van der Waals surface area contributed by atoms with Gasteiger partial charge in [-0.25, -0.2) is 14.5 Å². The highest BCUT2D eigenvalue weighted by Gasteiger charge is 2.42. The molecule has 5 aromatic rings. The van der Waals surface area contributed by atoms with Crippen LogP contribution in [0.2, 0.25) is 0 Å². The van der Waals surface area contributed by atoms with Gasteiger partial charge in [0.25, 0.3) is 0 Å². The second-order valence-corrected chi connectivity index (χ2v) is 11.4. The molecule has 6 rings (SSSR count). The van der Waals surface area contributed by atoms with Crippen molar-refractivity contribution in [2.45, 2.75) is 58.0 Å². The number of imidazole rings is 1. The number of furan rings is 1. The molecule has 0 spiro atoms. The van der Waals surface area contributed by atoms with Gasteiger partial charge in [0.15, 0.2) is 5.76 Å². The van der Waals surface area contributed by atoms with E-state index in [9.17, 15) is 0 Å². The molecule has 11 heteroatoms. The maximum absolute atomic E-state index is 6.27. The number of aryl methyl sites for hydroxylation is 1. The normalized spacial score (nSPS) is 22.2.